The molecule has 0 radical (unpaired) electrons. The maximum absolute atomic E-state index is 13.9. The number of likely N-dealkylation sites (N-methyl/N-ethyl adjacent to an activating group) is 1. The molecule has 3 amide bonds. The van der Waals surface area contributed by atoms with E-state index in [0.29, 0.717) is 25.2 Å². The molecular formula is C47H51N7O3. The Morgan fingerprint density at radius 2 is 1.39 bits per heavy atom. The summed E-state index contributed by atoms with van der Waals surface area (Å²) in [7, 11) is 3.90. The Hall–Kier alpha value is -6.00. The van der Waals surface area contributed by atoms with Crippen LogP contribution in [0, 0.1) is 5.92 Å². The summed E-state index contributed by atoms with van der Waals surface area (Å²) in [5.41, 5.74) is 7.54. The van der Waals surface area contributed by atoms with E-state index in [4.69, 9.17) is 4.98 Å². The van der Waals surface area contributed by atoms with Crippen LogP contribution in [-0.2, 0) is 14.4 Å². The van der Waals surface area contributed by atoms with Crippen LogP contribution in [0.15, 0.2) is 115 Å². The average molecular weight is 762 g/mol. The molecule has 6 aromatic rings. The summed E-state index contributed by atoms with van der Waals surface area (Å²) >= 11 is 0. The lowest BCUT2D eigenvalue weighted by Gasteiger charge is -2.31. The monoisotopic (exact) mass is 761 g/mol. The van der Waals surface area contributed by atoms with Gasteiger partial charge in [-0.3, -0.25) is 19.3 Å². The van der Waals surface area contributed by atoms with E-state index in [9.17, 15) is 14.4 Å². The zero-order valence-electron chi connectivity index (χ0n) is 33.1. The Morgan fingerprint density at radius 1 is 0.737 bits per heavy atom. The molecule has 57 heavy (non-hydrogen) atoms. The van der Waals surface area contributed by atoms with E-state index >= 15 is 0 Å². The second kappa shape index (κ2) is 16.2. The fourth-order valence-corrected chi connectivity index (χ4v) is 8.80. The van der Waals surface area contributed by atoms with Gasteiger partial charge in [-0.05, 0) is 92.2 Å². The number of rotatable bonds is 11. The molecule has 4 heterocycles. The fraction of sp³-hybridized carbons (Fsp3) is 0.319. The van der Waals surface area contributed by atoms with Crippen molar-refractivity contribution >= 4 is 34.3 Å². The number of carbonyl (C=O) groups is 3. The number of anilines is 1. The van der Waals surface area contributed by atoms with Crippen LogP contribution in [0.5, 0.6) is 0 Å². The number of likely N-dealkylation sites (tertiary alicyclic amines) is 2. The number of carbonyl (C=O) groups excluding carboxylic acids is 3. The highest BCUT2D eigenvalue weighted by Gasteiger charge is 2.39. The molecule has 0 saturated carbocycles. The Kier molecular flexibility index (Phi) is 10.8. The molecule has 10 nitrogen and oxygen atoms in total. The van der Waals surface area contributed by atoms with Crippen molar-refractivity contribution in [2.75, 3.05) is 32.5 Å². The predicted molar refractivity (Wildman–Crippen MR) is 225 cm³/mol. The number of nitrogens with one attached hydrogen (secondary N) is 3. The predicted octanol–water partition coefficient (Wildman–Crippen LogP) is 8.56. The molecule has 10 heteroatoms. The smallest absolute Gasteiger partial charge is 0.247 e. The molecule has 2 aliphatic rings. The summed E-state index contributed by atoms with van der Waals surface area (Å²) in [4.78, 5) is 59.0. The maximum atomic E-state index is 13.9. The second-order valence-corrected chi connectivity index (χ2v) is 16.0. The molecule has 0 aliphatic carbocycles. The van der Waals surface area contributed by atoms with Crippen molar-refractivity contribution in [1.29, 1.82) is 0 Å². The maximum Gasteiger partial charge on any atom is 0.247 e. The van der Waals surface area contributed by atoms with Crippen LogP contribution in [0.3, 0.4) is 0 Å². The van der Waals surface area contributed by atoms with Crippen molar-refractivity contribution in [2.45, 2.75) is 63.6 Å². The van der Waals surface area contributed by atoms with Gasteiger partial charge in [0.15, 0.2) is 0 Å². The average Bonchev–Trinajstić information content (AvgIpc) is 4.05. The van der Waals surface area contributed by atoms with E-state index in [0.717, 1.165) is 69.6 Å². The van der Waals surface area contributed by atoms with Gasteiger partial charge in [0.25, 0.3) is 0 Å². The number of H-pyrrole nitrogens is 2. The van der Waals surface area contributed by atoms with Gasteiger partial charge in [0, 0.05) is 35.4 Å². The van der Waals surface area contributed by atoms with Gasteiger partial charge < -0.3 is 25.1 Å². The Bertz CT molecular complexity index is 2350. The van der Waals surface area contributed by atoms with Crippen LogP contribution in [-0.4, -0.2) is 80.6 Å². The summed E-state index contributed by atoms with van der Waals surface area (Å²) in [6.45, 7) is 5.42. The van der Waals surface area contributed by atoms with Crippen LogP contribution in [0.4, 0.5) is 5.69 Å². The summed E-state index contributed by atoms with van der Waals surface area (Å²) in [5, 5.41) is 4.09. The van der Waals surface area contributed by atoms with Gasteiger partial charge in [0.1, 0.15) is 17.9 Å². The van der Waals surface area contributed by atoms with Crippen LogP contribution >= 0.6 is 0 Å². The van der Waals surface area contributed by atoms with Crippen LogP contribution in [0.1, 0.15) is 74.5 Å². The highest BCUT2D eigenvalue weighted by Crippen LogP contribution is 2.36. The first-order valence-corrected chi connectivity index (χ1v) is 20.1. The molecule has 4 aromatic carbocycles. The third-order valence-corrected chi connectivity index (χ3v) is 11.6. The van der Waals surface area contributed by atoms with Gasteiger partial charge in [-0.1, -0.05) is 98.8 Å². The van der Waals surface area contributed by atoms with Crippen molar-refractivity contribution in [1.82, 2.24) is 29.7 Å². The van der Waals surface area contributed by atoms with Crippen molar-refractivity contribution in [3.05, 3.63) is 132 Å². The minimum Gasteiger partial charge on any atom is -0.355 e. The molecule has 2 saturated heterocycles. The van der Waals surface area contributed by atoms with Gasteiger partial charge in [-0.25, -0.2) is 4.98 Å². The zero-order valence-corrected chi connectivity index (χ0v) is 33.1. The van der Waals surface area contributed by atoms with E-state index in [-0.39, 0.29) is 41.6 Å². The highest BCUT2D eigenvalue weighted by molar-refractivity contribution is 6.00. The first-order chi connectivity index (χ1) is 27.7. The molecule has 3 N–H and O–H groups in total. The molecule has 8 rings (SSSR count). The molecule has 2 aromatic heterocycles. The summed E-state index contributed by atoms with van der Waals surface area (Å²) in [5.74, 6) is 0.585. The summed E-state index contributed by atoms with van der Waals surface area (Å²) in [6, 6.07) is 35.2. The fourth-order valence-electron chi connectivity index (χ4n) is 8.80. The largest absolute Gasteiger partial charge is 0.355 e. The number of amides is 3. The van der Waals surface area contributed by atoms with Gasteiger partial charge in [-0.15, -0.1) is 0 Å². The van der Waals surface area contributed by atoms with Crippen LogP contribution in [0.2, 0.25) is 0 Å². The lowest BCUT2D eigenvalue weighted by Crippen LogP contribution is -2.46. The molecule has 0 spiro atoms. The Balaban J connectivity index is 0.935. The van der Waals surface area contributed by atoms with Crippen molar-refractivity contribution in [3.63, 3.8) is 0 Å². The van der Waals surface area contributed by atoms with Crippen LogP contribution < -0.4 is 5.32 Å². The lowest BCUT2D eigenvalue weighted by atomic mass is 9.87. The van der Waals surface area contributed by atoms with Crippen molar-refractivity contribution < 1.29 is 14.4 Å². The van der Waals surface area contributed by atoms with Gasteiger partial charge in [0.2, 0.25) is 17.7 Å². The molecule has 4 atom stereocenters. The zero-order chi connectivity index (χ0) is 39.6. The SMILES string of the molecule is CC(C)C(C(=O)N1CCC[C@H]1C(=O)Nc1ccc2[nH]c(-c3ccc(-c4cnc(C5CCCN5C(=O)C(c5ccccc5)N(C)C)[nH]4)cc3)cc2c1)c1ccccc1. The number of hydrogen-bond donors (Lipinski definition) is 3. The molecule has 292 valence electrons. The minimum absolute atomic E-state index is 0.0170. The lowest BCUT2D eigenvalue weighted by molar-refractivity contribution is -0.138. The number of imidazole rings is 1. The molecule has 2 fully saturated rings. The third kappa shape index (κ3) is 7.74. The first kappa shape index (κ1) is 37.9. The van der Waals surface area contributed by atoms with E-state index in [1.54, 1.807) is 4.90 Å². The summed E-state index contributed by atoms with van der Waals surface area (Å²) in [6.07, 6.45) is 5.11. The molecule has 3 unspecified atom stereocenters. The van der Waals surface area contributed by atoms with Crippen molar-refractivity contribution in [2.24, 2.45) is 5.92 Å². The number of aromatic nitrogens is 3. The van der Waals surface area contributed by atoms with E-state index in [1.165, 1.54) is 0 Å². The molecular weight excluding hydrogens is 711 g/mol. The van der Waals surface area contributed by atoms with Gasteiger partial charge in [-0.2, -0.15) is 0 Å². The molecule has 0 bridgehead atoms. The number of aromatic amines is 2. The second-order valence-electron chi connectivity index (χ2n) is 16.0. The minimum atomic E-state index is -0.501. The van der Waals surface area contributed by atoms with Crippen LogP contribution in [0.25, 0.3) is 33.4 Å². The number of hydrogen-bond acceptors (Lipinski definition) is 5. The third-order valence-electron chi connectivity index (χ3n) is 11.6. The van der Waals surface area contributed by atoms with E-state index in [2.05, 4.69) is 59.5 Å². The normalized spacial score (nSPS) is 18.1. The number of benzene rings is 4. The Morgan fingerprint density at radius 3 is 2.07 bits per heavy atom. The van der Waals surface area contributed by atoms with E-state index < -0.39 is 6.04 Å². The topological polar surface area (TPSA) is 117 Å². The summed E-state index contributed by atoms with van der Waals surface area (Å²) < 4.78 is 0. The number of nitrogens with zero attached hydrogens (tertiary/aromatic N) is 4. The van der Waals surface area contributed by atoms with E-state index in [1.807, 2.05) is 109 Å². The van der Waals surface area contributed by atoms with Gasteiger partial charge in [0.05, 0.1) is 23.9 Å². The van der Waals surface area contributed by atoms with Gasteiger partial charge >= 0.3 is 0 Å². The Labute approximate surface area is 334 Å². The first-order valence-electron chi connectivity index (χ1n) is 20.1. The van der Waals surface area contributed by atoms with Crippen molar-refractivity contribution in [3.8, 4) is 22.5 Å². The quantitative estimate of drug-likeness (QED) is 0.122. The number of fused-ring (bicyclic) bond motifs is 1. The highest BCUT2D eigenvalue weighted by atomic mass is 16.2. The standard InChI is InChI=1S/C47H51N7O3/c1-30(2)42(33-13-7-5-8-14-33)46(56)54-26-12-18-41(54)45(55)49-36-23-24-37-35(27-36)28-38(50-37)31-19-21-32(22-20-31)39-29-48-44(51-39)40-17-11-25-53(40)47(57)43(52(3)4)34-15-9-6-10-16-34/h5-10,13-16,19-24,27-30,40-43,50H,11-12,17-18,25-26H2,1-4H3,(H,48,51)(H,49,55)/t40?,41-,42?,43?/m0/s1. The molecule has 2 aliphatic heterocycles.